The summed E-state index contributed by atoms with van der Waals surface area (Å²) in [6, 6.07) is 5.74. The highest BCUT2D eigenvalue weighted by Crippen LogP contribution is 2.28. The van der Waals surface area contributed by atoms with Crippen molar-refractivity contribution in [3.05, 3.63) is 56.4 Å². The highest BCUT2D eigenvalue weighted by atomic mass is 32.1. The zero-order chi connectivity index (χ0) is 20.4. The standard InChI is InChI=1S/C19H18N2O6S/c1-4-26-19(25)14-9(2)13-16(23)20-15(21-17(13)28-14)10(3)27-18(24)11-6-5-7-12(22)8-11/h5-8,10,22H,4H2,1-3H3,(H,20,21,23)/t10-/m0/s1. The van der Waals surface area contributed by atoms with Crippen LogP contribution in [-0.2, 0) is 9.47 Å². The van der Waals surface area contributed by atoms with E-state index in [1.54, 1.807) is 20.8 Å². The average Bonchev–Trinajstić information content (AvgIpc) is 2.99. The van der Waals surface area contributed by atoms with Crippen LogP contribution in [0.1, 0.15) is 51.4 Å². The van der Waals surface area contributed by atoms with E-state index in [1.165, 1.54) is 24.3 Å². The Morgan fingerprint density at radius 1 is 1.32 bits per heavy atom. The number of hydrogen-bond donors (Lipinski definition) is 2. The summed E-state index contributed by atoms with van der Waals surface area (Å²) in [5.41, 5.74) is 0.250. The second kappa shape index (κ2) is 7.81. The Labute approximate surface area is 163 Å². The number of benzene rings is 1. The molecule has 0 saturated carbocycles. The number of H-pyrrole nitrogens is 1. The molecular formula is C19H18N2O6S. The first-order valence-electron chi connectivity index (χ1n) is 8.52. The molecule has 8 nitrogen and oxygen atoms in total. The van der Waals surface area contributed by atoms with Crippen LogP contribution >= 0.6 is 11.3 Å². The maximum absolute atomic E-state index is 12.5. The molecular weight excluding hydrogens is 384 g/mol. The highest BCUT2D eigenvalue weighted by Gasteiger charge is 2.22. The number of phenolic OH excluding ortho intramolecular Hbond substituents is 1. The molecule has 3 rings (SSSR count). The molecule has 3 aromatic rings. The molecule has 0 aliphatic heterocycles. The lowest BCUT2D eigenvalue weighted by Gasteiger charge is -2.12. The second-order valence-electron chi connectivity index (χ2n) is 6.01. The molecule has 0 bridgehead atoms. The molecule has 0 saturated heterocycles. The van der Waals surface area contributed by atoms with E-state index in [4.69, 9.17) is 9.47 Å². The number of carbonyl (C=O) groups is 2. The highest BCUT2D eigenvalue weighted by molar-refractivity contribution is 7.20. The molecule has 0 spiro atoms. The molecule has 1 aromatic carbocycles. The minimum Gasteiger partial charge on any atom is -0.508 e. The number of aromatic hydroxyl groups is 1. The molecule has 2 heterocycles. The smallest absolute Gasteiger partial charge is 0.348 e. The largest absolute Gasteiger partial charge is 0.508 e. The maximum Gasteiger partial charge on any atom is 0.348 e. The normalized spacial score (nSPS) is 12.0. The summed E-state index contributed by atoms with van der Waals surface area (Å²) in [7, 11) is 0. The molecule has 0 unspecified atom stereocenters. The van der Waals surface area contributed by atoms with Crippen LogP contribution in [0.15, 0.2) is 29.1 Å². The third kappa shape index (κ3) is 3.74. The summed E-state index contributed by atoms with van der Waals surface area (Å²) in [5, 5.41) is 9.78. The number of aryl methyl sites for hydroxylation is 1. The maximum atomic E-state index is 12.5. The number of carbonyl (C=O) groups excluding carboxylic acids is 2. The zero-order valence-corrected chi connectivity index (χ0v) is 16.3. The SMILES string of the molecule is CCOC(=O)c1sc2nc([C@H](C)OC(=O)c3cccc(O)c3)[nH]c(=O)c2c1C. The van der Waals surface area contributed by atoms with Gasteiger partial charge in [0, 0.05) is 0 Å². The van der Waals surface area contributed by atoms with Gasteiger partial charge in [0.25, 0.3) is 5.56 Å². The van der Waals surface area contributed by atoms with Gasteiger partial charge in [-0.2, -0.15) is 0 Å². The first kappa shape index (κ1) is 19.6. The van der Waals surface area contributed by atoms with Gasteiger partial charge in [-0.15, -0.1) is 11.3 Å². The Hall–Kier alpha value is -3.20. The van der Waals surface area contributed by atoms with Gasteiger partial charge in [0.05, 0.1) is 17.6 Å². The van der Waals surface area contributed by atoms with Crippen molar-refractivity contribution in [1.29, 1.82) is 0 Å². The van der Waals surface area contributed by atoms with Gasteiger partial charge in [0.2, 0.25) is 0 Å². The minimum absolute atomic E-state index is 0.0596. The topological polar surface area (TPSA) is 119 Å². The summed E-state index contributed by atoms with van der Waals surface area (Å²) < 4.78 is 10.3. The third-order valence-corrected chi connectivity index (χ3v) is 5.20. The van der Waals surface area contributed by atoms with E-state index in [9.17, 15) is 19.5 Å². The third-order valence-electron chi connectivity index (χ3n) is 4.03. The fourth-order valence-corrected chi connectivity index (χ4v) is 3.74. The van der Waals surface area contributed by atoms with E-state index in [2.05, 4.69) is 9.97 Å². The van der Waals surface area contributed by atoms with Crippen LogP contribution in [0.3, 0.4) is 0 Å². The number of nitrogens with zero attached hydrogens (tertiary/aromatic N) is 1. The van der Waals surface area contributed by atoms with Gasteiger partial charge in [0.15, 0.2) is 11.9 Å². The van der Waals surface area contributed by atoms with E-state index in [0.717, 1.165) is 11.3 Å². The van der Waals surface area contributed by atoms with E-state index >= 15 is 0 Å². The van der Waals surface area contributed by atoms with Gasteiger partial charge in [0.1, 0.15) is 15.5 Å². The molecule has 2 aromatic heterocycles. The van der Waals surface area contributed by atoms with Crippen molar-refractivity contribution in [2.45, 2.75) is 26.9 Å². The number of esters is 2. The van der Waals surface area contributed by atoms with Gasteiger partial charge < -0.3 is 19.6 Å². The van der Waals surface area contributed by atoms with E-state index in [1.807, 2.05) is 0 Å². The zero-order valence-electron chi connectivity index (χ0n) is 15.4. The number of hydrogen-bond acceptors (Lipinski definition) is 8. The predicted octanol–water partition coefficient (Wildman–Crippen LogP) is 3.09. The lowest BCUT2D eigenvalue weighted by atomic mass is 10.2. The van der Waals surface area contributed by atoms with E-state index in [-0.39, 0.29) is 23.7 Å². The Morgan fingerprint density at radius 2 is 2.07 bits per heavy atom. The Bertz CT molecular complexity index is 1120. The van der Waals surface area contributed by atoms with Gasteiger partial charge >= 0.3 is 11.9 Å². The molecule has 0 aliphatic rings. The molecule has 1 atom stereocenters. The van der Waals surface area contributed by atoms with Crippen molar-refractivity contribution in [1.82, 2.24) is 9.97 Å². The molecule has 2 N–H and O–H groups in total. The lowest BCUT2D eigenvalue weighted by molar-refractivity contribution is 0.0319. The summed E-state index contributed by atoms with van der Waals surface area (Å²) in [6.45, 7) is 5.15. The van der Waals surface area contributed by atoms with Crippen molar-refractivity contribution in [2.24, 2.45) is 0 Å². The lowest BCUT2D eigenvalue weighted by Crippen LogP contribution is -2.17. The fourth-order valence-electron chi connectivity index (χ4n) is 2.66. The number of aromatic amines is 1. The van der Waals surface area contributed by atoms with Gasteiger partial charge in [-0.25, -0.2) is 14.6 Å². The Kier molecular flexibility index (Phi) is 5.46. The van der Waals surface area contributed by atoms with Crippen LogP contribution in [0.25, 0.3) is 10.2 Å². The molecule has 0 aliphatic carbocycles. The molecule has 9 heteroatoms. The number of aromatic nitrogens is 2. The summed E-state index contributed by atoms with van der Waals surface area (Å²) in [4.78, 5) is 44.4. The summed E-state index contributed by atoms with van der Waals surface area (Å²) in [5.74, 6) is -1.08. The van der Waals surface area contributed by atoms with Crippen LogP contribution in [0, 0.1) is 6.92 Å². The molecule has 0 fully saturated rings. The number of ether oxygens (including phenoxy) is 2. The molecule has 146 valence electrons. The quantitative estimate of drug-likeness (QED) is 0.630. The van der Waals surface area contributed by atoms with Crippen molar-refractivity contribution in [3.63, 3.8) is 0 Å². The van der Waals surface area contributed by atoms with Crippen LogP contribution in [0.4, 0.5) is 0 Å². The van der Waals surface area contributed by atoms with Crippen molar-refractivity contribution >= 4 is 33.5 Å². The first-order chi connectivity index (χ1) is 13.3. The molecule has 28 heavy (non-hydrogen) atoms. The van der Waals surface area contributed by atoms with Crippen LogP contribution in [0.2, 0.25) is 0 Å². The number of rotatable bonds is 5. The van der Waals surface area contributed by atoms with Crippen LogP contribution < -0.4 is 5.56 Å². The van der Waals surface area contributed by atoms with Crippen LogP contribution in [-0.4, -0.2) is 33.6 Å². The predicted molar refractivity (Wildman–Crippen MR) is 103 cm³/mol. The number of fused-ring (bicyclic) bond motifs is 1. The molecule has 0 radical (unpaired) electrons. The van der Waals surface area contributed by atoms with Gasteiger partial charge in [-0.3, -0.25) is 4.79 Å². The van der Waals surface area contributed by atoms with Crippen LogP contribution in [0.5, 0.6) is 5.75 Å². The van der Waals surface area contributed by atoms with Crippen molar-refractivity contribution < 1.29 is 24.2 Å². The fraction of sp³-hybridized carbons (Fsp3) is 0.263. The summed E-state index contributed by atoms with van der Waals surface area (Å²) >= 11 is 1.06. The average molecular weight is 402 g/mol. The first-order valence-corrected chi connectivity index (χ1v) is 9.34. The Balaban J connectivity index is 1.92. The van der Waals surface area contributed by atoms with Gasteiger partial charge in [-0.1, -0.05) is 6.07 Å². The monoisotopic (exact) mass is 402 g/mol. The number of thiophene rings is 1. The molecule has 0 amide bonds. The summed E-state index contributed by atoms with van der Waals surface area (Å²) in [6.07, 6.45) is -0.847. The Morgan fingerprint density at radius 3 is 2.75 bits per heavy atom. The van der Waals surface area contributed by atoms with E-state index in [0.29, 0.717) is 20.7 Å². The van der Waals surface area contributed by atoms with E-state index < -0.39 is 23.6 Å². The number of phenols is 1. The van der Waals surface area contributed by atoms with Crippen molar-refractivity contribution in [2.75, 3.05) is 6.61 Å². The number of nitrogens with one attached hydrogen (secondary N) is 1. The second-order valence-corrected chi connectivity index (χ2v) is 7.00. The van der Waals surface area contributed by atoms with Crippen molar-refractivity contribution in [3.8, 4) is 5.75 Å². The van der Waals surface area contributed by atoms with Gasteiger partial charge in [-0.05, 0) is 44.5 Å². The minimum atomic E-state index is -0.847.